The molecule has 0 saturated carbocycles. The van der Waals surface area contributed by atoms with Crippen LogP contribution in [0.25, 0.3) is 10.9 Å². The van der Waals surface area contributed by atoms with Crippen LogP contribution in [-0.2, 0) is 22.7 Å². The van der Waals surface area contributed by atoms with Gasteiger partial charge in [-0.3, -0.25) is 14.4 Å². The van der Waals surface area contributed by atoms with Crippen molar-refractivity contribution in [3.8, 4) is 5.75 Å². The van der Waals surface area contributed by atoms with E-state index in [2.05, 4.69) is 0 Å². The van der Waals surface area contributed by atoms with Crippen molar-refractivity contribution in [1.29, 1.82) is 0 Å². The molecule has 1 aromatic heterocycles. The number of aromatic nitrogens is 1. The second kappa shape index (κ2) is 11.1. The zero-order chi connectivity index (χ0) is 26.7. The van der Waals surface area contributed by atoms with E-state index in [0.29, 0.717) is 41.2 Å². The lowest BCUT2D eigenvalue weighted by Crippen LogP contribution is -2.39. The highest BCUT2D eigenvalue weighted by atomic mass is 19.1. The number of benzene rings is 2. The first-order valence-electron chi connectivity index (χ1n) is 12.2. The summed E-state index contributed by atoms with van der Waals surface area (Å²) in [6.45, 7) is 1.33. The summed E-state index contributed by atoms with van der Waals surface area (Å²) in [6, 6.07) is 9.91. The van der Waals surface area contributed by atoms with E-state index in [-0.39, 0.29) is 24.0 Å². The van der Waals surface area contributed by atoms with E-state index in [1.807, 2.05) is 12.1 Å². The first kappa shape index (κ1) is 26.3. The molecule has 0 atom stereocenters. The van der Waals surface area contributed by atoms with Crippen molar-refractivity contribution in [2.45, 2.75) is 26.0 Å². The molecule has 1 fully saturated rings. The SMILES string of the molecule is COCn1cc(C(=O)C(=O)N(C)C)c2cc(C(=O)N3CCC(Cc4ccc(F)cc4)CC3)c(OC)cc21. The molecule has 4 rings (SSSR count). The molecule has 3 aromatic rings. The number of rotatable bonds is 8. The Morgan fingerprint density at radius 1 is 1.03 bits per heavy atom. The first-order chi connectivity index (χ1) is 17.7. The number of hydrogen-bond donors (Lipinski definition) is 0. The maximum absolute atomic E-state index is 13.6. The van der Waals surface area contributed by atoms with Crippen LogP contribution in [-0.4, -0.2) is 73.4 Å². The standard InChI is InChI=1S/C28H32FN3O5/c1-30(2)28(35)26(33)23-16-32(17-36-3)24-15-25(37-4)22(14-21(23)24)27(34)31-11-9-19(10-12-31)13-18-5-7-20(29)8-6-18/h5-8,14-16,19H,9-13,17H2,1-4H3. The molecule has 0 unspecified atom stereocenters. The van der Waals surface area contributed by atoms with Crippen LogP contribution in [0.1, 0.15) is 39.1 Å². The number of amides is 2. The van der Waals surface area contributed by atoms with Crippen LogP contribution in [0.3, 0.4) is 0 Å². The molecule has 2 heterocycles. The maximum Gasteiger partial charge on any atom is 0.294 e. The van der Waals surface area contributed by atoms with E-state index in [1.165, 1.54) is 45.3 Å². The van der Waals surface area contributed by atoms with Gasteiger partial charge < -0.3 is 23.8 Å². The average molecular weight is 510 g/mol. The van der Waals surface area contributed by atoms with Gasteiger partial charge in [0.1, 0.15) is 18.3 Å². The Hall–Kier alpha value is -3.72. The number of piperidine rings is 1. The molecule has 1 saturated heterocycles. The molecule has 8 nitrogen and oxygen atoms in total. The van der Waals surface area contributed by atoms with Crippen LogP contribution in [0.2, 0.25) is 0 Å². The third kappa shape index (κ3) is 5.51. The molecule has 2 amide bonds. The van der Waals surface area contributed by atoms with Gasteiger partial charge in [-0.2, -0.15) is 0 Å². The number of methoxy groups -OCH3 is 2. The summed E-state index contributed by atoms with van der Waals surface area (Å²) in [5.41, 5.74) is 2.26. The number of nitrogens with zero attached hydrogens (tertiary/aromatic N) is 3. The van der Waals surface area contributed by atoms with Gasteiger partial charge in [0.15, 0.2) is 0 Å². The topological polar surface area (TPSA) is 81.1 Å². The van der Waals surface area contributed by atoms with Crippen LogP contribution in [0.4, 0.5) is 4.39 Å². The number of carbonyl (C=O) groups is 3. The summed E-state index contributed by atoms with van der Waals surface area (Å²) in [7, 11) is 6.07. The predicted molar refractivity (Wildman–Crippen MR) is 137 cm³/mol. The van der Waals surface area contributed by atoms with Crippen molar-refractivity contribution >= 4 is 28.5 Å². The lowest BCUT2D eigenvalue weighted by Gasteiger charge is -2.32. The monoisotopic (exact) mass is 509 g/mol. The van der Waals surface area contributed by atoms with Gasteiger partial charge in [0.2, 0.25) is 0 Å². The fraction of sp³-hybridized carbons (Fsp3) is 0.393. The zero-order valence-corrected chi connectivity index (χ0v) is 21.6. The van der Waals surface area contributed by atoms with Crippen molar-refractivity contribution in [2.75, 3.05) is 41.4 Å². The molecule has 1 aliphatic rings. The molecule has 196 valence electrons. The van der Waals surface area contributed by atoms with Crippen molar-refractivity contribution < 1.29 is 28.2 Å². The number of likely N-dealkylation sites (N-methyl/N-ethyl adjacent to an activating group) is 1. The Morgan fingerprint density at radius 3 is 2.30 bits per heavy atom. The van der Waals surface area contributed by atoms with E-state index in [0.717, 1.165) is 24.8 Å². The smallest absolute Gasteiger partial charge is 0.294 e. The third-order valence-electron chi connectivity index (χ3n) is 6.89. The number of carbonyl (C=O) groups excluding carboxylic acids is 3. The predicted octanol–water partition coefficient (Wildman–Crippen LogP) is 3.76. The number of Topliss-reactive ketones (excluding diaryl/α,β-unsaturated/α-hetero) is 1. The number of likely N-dealkylation sites (tertiary alicyclic amines) is 1. The Balaban J connectivity index is 1.60. The first-order valence-corrected chi connectivity index (χ1v) is 12.2. The maximum atomic E-state index is 13.6. The van der Waals surface area contributed by atoms with Crippen molar-refractivity contribution in [3.63, 3.8) is 0 Å². The minimum absolute atomic E-state index is 0.165. The Kier molecular flexibility index (Phi) is 7.92. The third-order valence-corrected chi connectivity index (χ3v) is 6.89. The van der Waals surface area contributed by atoms with Crippen LogP contribution in [0, 0.1) is 11.7 Å². The largest absolute Gasteiger partial charge is 0.496 e. The van der Waals surface area contributed by atoms with Crippen LogP contribution in [0.5, 0.6) is 5.75 Å². The second-order valence-electron chi connectivity index (χ2n) is 9.59. The van der Waals surface area contributed by atoms with Gasteiger partial charge in [0, 0.05) is 51.9 Å². The number of ketones is 1. The molecule has 2 aromatic carbocycles. The van der Waals surface area contributed by atoms with E-state index in [9.17, 15) is 18.8 Å². The van der Waals surface area contributed by atoms with Gasteiger partial charge in [-0.05, 0) is 48.9 Å². The molecule has 9 heteroatoms. The summed E-state index contributed by atoms with van der Waals surface area (Å²) >= 11 is 0. The average Bonchev–Trinajstić information content (AvgIpc) is 3.25. The number of ether oxygens (including phenoxy) is 2. The molecule has 0 bridgehead atoms. The van der Waals surface area contributed by atoms with Gasteiger partial charge in [-0.15, -0.1) is 0 Å². The minimum Gasteiger partial charge on any atom is -0.496 e. The van der Waals surface area contributed by atoms with Gasteiger partial charge in [0.25, 0.3) is 17.6 Å². The normalized spacial score (nSPS) is 14.1. The van der Waals surface area contributed by atoms with E-state index in [1.54, 1.807) is 27.8 Å². The Labute approximate surface area is 215 Å². The highest BCUT2D eigenvalue weighted by molar-refractivity contribution is 6.44. The van der Waals surface area contributed by atoms with Crippen molar-refractivity contribution in [3.05, 3.63) is 65.1 Å². The van der Waals surface area contributed by atoms with Gasteiger partial charge in [0.05, 0.1) is 23.8 Å². The molecule has 0 radical (unpaired) electrons. The van der Waals surface area contributed by atoms with E-state index in [4.69, 9.17) is 9.47 Å². The van der Waals surface area contributed by atoms with E-state index < -0.39 is 11.7 Å². The number of hydrogen-bond acceptors (Lipinski definition) is 5. The lowest BCUT2D eigenvalue weighted by atomic mass is 9.90. The Bertz CT molecular complexity index is 1310. The van der Waals surface area contributed by atoms with Crippen molar-refractivity contribution in [2.24, 2.45) is 5.92 Å². The fourth-order valence-electron chi connectivity index (χ4n) is 4.86. The second-order valence-corrected chi connectivity index (χ2v) is 9.59. The quantitative estimate of drug-likeness (QED) is 0.341. The summed E-state index contributed by atoms with van der Waals surface area (Å²) in [5, 5.41) is 0.493. The molecule has 0 spiro atoms. The highest BCUT2D eigenvalue weighted by Crippen LogP contribution is 2.32. The summed E-state index contributed by atoms with van der Waals surface area (Å²) in [5.74, 6) is -0.944. The lowest BCUT2D eigenvalue weighted by molar-refractivity contribution is -0.124. The van der Waals surface area contributed by atoms with Crippen molar-refractivity contribution in [1.82, 2.24) is 14.4 Å². The summed E-state index contributed by atoms with van der Waals surface area (Å²) in [4.78, 5) is 42.0. The molecular weight excluding hydrogens is 477 g/mol. The minimum atomic E-state index is -0.657. The van der Waals surface area contributed by atoms with Gasteiger partial charge in [-0.25, -0.2) is 4.39 Å². The van der Waals surface area contributed by atoms with Gasteiger partial charge >= 0.3 is 0 Å². The summed E-state index contributed by atoms with van der Waals surface area (Å²) < 4.78 is 25.8. The highest BCUT2D eigenvalue weighted by Gasteiger charge is 2.29. The molecular formula is C28H32FN3O5. The molecule has 37 heavy (non-hydrogen) atoms. The zero-order valence-electron chi connectivity index (χ0n) is 21.6. The van der Waals surface area contributed by atoms with Crippen LogP contribution < -0.4 is 4.74 Å². The Morgan fingerprint density at radius 2 is 1.70 bits per heavy atom. The number of fused-ring (bicyclic) bond motifs is 1. The molecule has 1 aliphatic heterocycles. The number of halogens is 1. The van der Waals surface area contributed by atoms with E-state index >= 15 is 0 Å². The van der Waals surface area contributed by atoms with Crippen LogP contribution >= 0.6 is 0 Å². The fourth-order valence-corrected chi connectivity index (χ4v) is 4.86. The summed E-state index contributed by atoms with van der Waals surface area (Å²) in [6.07, 6.45) is 4.08. The molecule has 0 aliphatic carbocycles. The molecule has 0 N–H and O–H groups in total. The van der Waals surface area contributed by atoms with Gasteiger partial charge in [-0.1, -0.05) is 12.1 Å². The van der Waals surface area contributed by atoms with Crippen LogP contribution in [0.15, 0.2) is 42.6 Å².